The van der Waals surface area contributed by atoms with Crippen molar-refractivity contribution in [1.29, 1.82) is 5.26 Å². The van der Waals surface area contributed by atoms with E-state index in [0.717, 1.165) is 73.1 Å². The number of ketones is 1. The normalized spacial score (nSPS) is 9.94. The number of nitrogens with one attached hydrogen (secondary N) is 1. The molecule has 0 radical (unpaired) electrons. The Hall–Kier alpha value is -10.0. The molecule has 0 saturated carbocycles. The van der Waals surface area contributed by atoms with E-state index in [-0.39, 0.29) is 23.5 Å². The minimum atomic E-state index is -0.880. The Kier molecular flexibility index (Phi) is 21.6. The Morgan fingerprint density at radius 2 is 1.09 bits per heavy atom. The number of amides is 2. The van der Waals surface area contributed by atoms with Crippen LogP contribution < -0.4 is 37.1 Å². The second-order valence-electron chi connectivity index (χ2n) is 16.1. The zero-order chi connectivity index (χ0) is 55.4. The number of thioether (sulfide) groups is 1. The van der Waals surface area contributed by atoms with E-state index in [1.54, 1.807) is 69.9 Å². The maximum absolute atomic E-state index is 11.9. The van der Waals surface area contributed by atoms with E-state index in [9.17, 15) is 24.6 Å². The van der Waals surface area contributed by atoms with Crippen molar-refractivity contribution in [2.45, 2.75) is 11.8 Å². The lowest BCUT2D eigenvalue weighted by Crippen LogP contribution is -2.19. The molecule has 9 aromatic carbocycles. The van der Waals surface area contributed by atoms with Crippen LogP contribution in [0.5, 0.6) is 34.5 Å². The number of carbonyl (C=O) groups is 3. The maximum Gasteiger partial charge on any atom is 0.287 e. The number of Topliss-reactive ketones (excluding diaryl/α,β-unsaturated/α-hetero) is 1. The average Bonchev–Trinajstić information content (AvgIpc) is 3.97. The molecule has 0 saturated heterocycles. The van der Waals surface area contributed by atoms with E-state index in [4.69, 9.17) is 42.5 Å². The molecule has 0 aliphatic rings. The molecule has 0 fully saturated rings. The smallest absolute Gasteiger partial charge is 0.287 e. The van der Waals surface area contributed by atoms with Gasteiger partial charge >= 0.3 is 0 Å². The van der Waals surface area contributed by atoms with Gasteiger partial charge in [-0.25, -0.2) is 0 Å². The number of aromatic nitrogens is 3. The highest BCUT2D eigenvalue weighted by molar-refractivity contribution is 8.03. The number of carbonyl (C=O) groups excluding carboxylic acids is 3. The molecule has 0 atom stereocenters. The number of nitrogens with two attached hydrogens (primary N) is 2. The molecule has 78 heavy (non-hydrogen) atoms. The van der Waals surface area contributed by atoms with E-state index in [1.807, 2.05) is 145 Å². The zero-order valence-electron chi connectivity index (χ0n) is 42.7. The lowest BCUT2D eigenvalue weighted by atomic mass is 10.0. The van der Waals surface area contributed by atoms with Gasteiger partial charge in [0.15, 0.2) is 5.82 Å². The number of hydrogen-bond donors (Lipinski definition) is 7. The summed E-state index contributed by atoms with van der Waals surface area (Å²) in [4.78, 5) is 32.6. The molecule has 17 nitrogen and oxygen atoms in total. The molecule has 2 amide bonds. The van der Waals surface area contributed by atoms with Gasteiger partial charge < -0.3 is 52.5 Å². The number of aromatic hydroxyl groups is 3. The van der Waals surface area contributed by atoms with Crippen molar-refractivity contribution in [1.82, 2.24) is 20.9 Å². The van der Waals surface area contributed by atoms with E-state index in [1.165, 1.54) is 4.57 Å². The predicted molar refractivity (Wildman–Crippen MR) is 310 cm³/mol. The standard InChI is InChI=1S/C20H16N4O3.C18H15NO2S.C10H8O.C8H7NOS.C3H5NO2.H3N/c1-27-14-9-7-13(8-10-14)24-19(22-23-20(24)18(21)26)17-15-5-3-2-4-12(15)6-11-16(17)25;1-21-14-9-7-13(8-10-14)19-18(22)17-15-5-3-2-4-12(15)6-11-16(17)20;11-10-6-5-8-3-1-2-4-9(8)7-10;1-10-7-2-4-8(5-3-7)11-6-9;1-2(5)3(4)6;/h2-11,25H,1H3,(H2,21,26);2-11,20H,1H3,(H,19,22);1-7,11H;2-5H,1H3;1H3,(H2,4,6);1H3. The molecule has 19 heteroatoms. The minimum Gasteiger partial charge on any atom is -0.508 e. The first kappa shape index (κ1) is 58.9. The van der Waals surface area contributed by atoms with Gasteiger partial charge in [-0.2, -0.15) is 5.26 Å². The van der Waals surface area contributed by atoms with Crippen molar-refractivity contribution in [2.24, 2.45) is 11.5 Å². The van der Waals surface area contributed by atoms with Crippen molar-refractivity contribution in [2.75, 3.05) is 26.6 Å². The molecule has 0 bridgehead atoms. The molecular formula is C59H54N8O9S2. The number of primary amides is 2. The van der Waals surface area contributed by atoms with Crippen LogP contribution in [0.1, 0.15) is 23.1 Å². The number of nitriles is 1. The predicted octanol–water partition coefficient (Wildman–Crippen LogP) is 11.3. The third-order valence-corrected chi connectivity index (χ3v) is 12.0. The van der Waals surface area contributed by atoms with Crippen LogP contribution in [0, 0.1) is 10.7 Å². The van der Waals surface area contributed by atoms with Crippen LogP contribution in [0.25, 0.3) is 49.4 Å². The molecular weight excluding hydrogens is 1030 g/mol. The number of phenolic OH excluding ortho intramolecular Hbond substituents is 3. The van der Waals surface area contributed by atoms with Gasteiger partial charge in [-0.1, -0.05) is 103 Å². The fraction of sp³-hybridized carbons (Fsp3) is 0.0678. The Morgan fingerprint density at radius 3 is 1.63 bits per heavy atom. The van der Waals surface area contributed by atoms with Crippen molar-refractivity contribution in [3.8, 4) is 57.0 Å². The second-order valence-corrected chi connectivity index (χ2v) is 17.4. The number of fused-ring (bicyclic) bond motifs is 3. The highest BCUT2D eigenvalue weighted by atomic mass is 32.2. The van der Waals surface area contributed by atoms with Gasteiger partial charge in [-0.15, -0.1) is 10.2 Å². The van der Waals surface area contributed by atoms with Gasteiger partial charge in [0, 0.05) is 23.2 Å². The Morgan fingerprint density at radius 1 is 0.615 bits per heavy atom. The molecule has 0 aliphatic heterocycles. The number of hydrogen-bond acceptors (Lipinski definition) is 15. The molecule has 10 aromatic rings. The number of phenols is 3. The van der Waals surface area contributed by atoms with E-state index in [0.29, 0.717) is 39.1 Å². The maximum atomic E-state index is 11.9. The Balaban J connectivity index is 0.000000195. The van der Waals surface area contributed by atoms with Gasteiger partial charge in [-0.05, 0) is 141 Å². The number of methoxy groups -OCH3 is 3. The van der Waals surface area contributed by atoms with E-state index < -0.39 is 17.6 Å². The first-order valence-corrected chi connectivity index (χ1v) is 24.3. The summed E-state index contributed by atoms with van der Waals surface area (Å²) >= 11 is 6.62. The summed E-state index contributed by atoms with van der Waals surface area (Å²) in [7, 11) is 4.82. The van der Waals surface area contributed by atoms with Gasteiger partial charge in [0.2, 0.25) is 11.6 Å². The van der Waals surface area contributed by atoms with E-state index in [2.05, 4.69) is 21.2 Å². The molecule has 11 N–H and O–H groups in total. The van der Waals surface area contributed by atoms with Crippen LogP contribution in [0.2, 0.25) is 0 Å². The molecule has 10 rings (SSSR count). The minimum absolute atomic E-state index is 0. The van der Waals surface area contributed by atoms with Crippen LogP contribution in [0.3, 0.4) is 0 Å². The van der Waals surface area contributed by atoms with Crippen molar-refractivity contribution >= 4 is 84.6 Å². The number of anilines is 1. The summed E-state index contributed by atoms with van der Waals surface area (Å²) in [5.41, 5.74) is 12.5. The van der Waals surface area contributed by atoms with Crippen molar-refractivity contribution in [3.05, 3.63) is 199 Å². The fourth-order valence-electron chi connectivity index (χ4n) is 7.32. The summed E-state index contributed by atoms with van der Waals surface area (Å²) in [6.07, 6.45) is 0. The van der Waals surface area contributed by atoms with Gasteiger partial charge in [-0.3, -0.25) is 19.0 Å². The summed E-state index contributed by atoms with van der Waals surface area (Å²) in [6.45, 7) is 1.13. The largest absolute Gasteiger partial charge is 0.508 e. The van der Waals surface area contributed by atoms with E-state index >= 15 is 0 Å². The third-order valence-electron chi connectivity index (χ3n) is 11.1. The second kappa shape index (κ2) is 28.6. The topological polar surface area (TPSA) is 293 Å². The first-order valence-electron chi connectivity index (χ1n) is 23.1. The molecule has 0 aliphatic carbocycles. The van der Waals surface area contributed by atoms with Crippen LogP contribution in [0.4, 0.5) is 5.69 Å². The monoisotopic (exact) mass is 1080 g/mol. The number of ether oxygens (including phenoxy) is 3. The Labute approximate surface area is 458 Å². The Bertz CT molecular complexity index is 3710. The summed E-state index contributed by atoms with van der Waals surface area (Å²) in [5, 5.41) is 57.4. The van der Waals surface area contributed by atoms with Crippen LogP contribution in [-0.4, -0.2) is 74.0 Å². The number of thiocyanates is 1. The fourth-order valence-corrected chi connectivity index (χ4v) is 8.03. The molecule has 396 valence electrons. The van der Waals surface area contributed by atoms with Gasteiger partial charge in [0.1, 0.15) is 44.9 Å². The van der Waals surface area contributed by atoms with Crippen molar-refractivity contribution in [3.63, 3.8) is 0 Å². The van der Waals surface area contributed by atoms with Gasteiger partial charge in [0.25, 0.3) is 11.8 Å². The molecule has 0 unspecified atom stereocenters. The van der Waals surface area contributed by atoms with Crippen LogP contribution >= 0.6 is 24.0 Å². The zero-order valence-corrected chi connectivity index (χ0v) is 44.3. The average molecular weight is 1080 g/mol. The quantitative estimate of drug-likeness (QED) is 0.0290. The van der Waals surface area contributed by atoms with Crippen LogP contribution in [-0.2, 0) is 9.59 Å². The SMILES string of the molecule is CC(=O)C(N)=O.COc1ccc(-n2c(C(N)=O)nnc2-c2c(O)ccc3ccccc23)cc1.COc1ccc(NC(=S)c2c(O)ccc3ccccc23)cc1.COc1ccc(SC#N)cc1.N.Oc1ccc2ccccc2c1. The summed E-state index contributed by atoms with van der Waals surface area (Å²) < 4.78 is 16.8. The lowest BCUT2D eigenvalue weighted by molar-refractivity contribution is -0.134. The number of nitrogens with zero attached hydrogens (tertiary/aromatic N) is 4. The number of thiocarbonyl (C=S) groups is 1. The highest BCUT2D eigenvalue weighted by Crippen LogP contribution is 2.37. The lowest BCUT2D eigenvalue weighted by Gasteiger charge is -2.13. The highest BCUT2D eigenvalue weighted by Gasteiger charge is 2.23. The van der Waals surface area contributed by atoms with Gasteiger partial charge in [0.05, 0.1) is 32.5 Å². The summed E-state index contributed by atoms with van der Waals surface area (Å²) in [5.74, 6) is 0.888. The van der Waals surface area contributed by atoms with Crippen molar-refractivity contribution < 1.29 is 43.9 Å². The molecule has 0 spiro atoms. The van der Waals surface area contributed by atoms with Crippen LogP contribution in [0.15, 0.2) is 193 Å². The molecule has 1 aromatic heterocycles. The summed E-state index contributed by atoms with van der Waals surface area (Å²) in [6, 6.07) is 57.6. The number of benzene rings is 9. The first-order chi connectivity index (χ1) is 37.1. The third kappa shape index (κ3) is 15.5. The molecule has 1 heterocycles. The number of rotatable bonds is 10.